The fourth-order valence-corrected chi connectivity index (χ4v) is 1.94. The quantitative estimate of drug-likeness (QED) is 0.687. The summed E-state index contributed by atoms with van der Waals surface area (Å²) in [5.74, 6) is 0. The number of hydrogen-bond donors (Lipinski definition) is 2. The Balaban J connectivity index is 4.37. The molecule has 0 aliphatic heterocycles. The van der Waals surface area contributed by atoms with Crippen LogP contribution in [0.3, 0.4) is 0 Å². The standard InChI is InChI=1S/C8H20N2O3S/c1-7(2)10(5)14(12,13)9-6-8(3,4)11/h7,9,11H,6H2,1-5H3. The van der Waals surface area contributed by atoms with E-state index in [9.17, 15) is 13.5 Å². The van der Waals surface area contributed by atoms with Gasteiger partial charge in [-0.15, -0.1) is 0 Å². The van der Waals surface area contributed by atoms with Gasteiger partial charge < -0.3 is 5.11 Å². The highest BCUT2D eigenvalue weighted by Gasteiger charge is 2.23. The van der Waals surface area contributed by atoms with Crippen LogP contribution < -0.4 is 4.72 Å². The van der Waals surface area contributed by atoms with Gasteiger partial charge in [-0.3, -0.25) is 0 Å². The Hall–Kier alpha value is -0.170. The lowest BCUT2D eigenvalue weighted by Gasteiger charge is -2.24. The molecule has 0 aliphatic carbocycles. The number of nitrogens with zero attached hydrogens (tertiary/aromatic N) is 1. The third-order valence-electron chi connectivity index (χ3n) is 1.79. The smallest absolute Gasteiger partial charge is 0.279 e. The molecule has 5 nitrogen and oxygen atoms in total. The second kappa shape index (κ2) is 4.57. The summed E-state index contributed by atoms with van der Waals surface area (Å²) in [6.07, 6.45) is 0. The Morgan fingerprint density at radius 2 is 1.86 bits per heavy atom. The molecule has 0 fully saturated rings. The molecule has 6 heteroatoms. The molecule has 0 bridgehead atoms. The molecule has 0 radical (unpaired) electrons. The summed E-state index contributed by atoms with van der Waals surface area (Å²) in [5.41, 5.74) is -1.04. The fourth-order valence-electron chi connectivity index (χ4n) is 0.647. The molecule has 86 valence electrons. The van der Waals surface area contributed by atoms with Crippen molar-refractivity contribution in [1.29, 1.82) is 0 Å². The van der Waals surface area contributed by atoms with Gasteiger partial charge in [-0.1, -0.05) is 0 Å². The molecule has 14 heavy (non-hydrogen) atoms. The molecule has 0 aliphatic rings. The molecule has 0 atom stereocenters. The second-order valence-electron chi connectivity index (χ2n) is 4.25. The molecule has 0 saturated heterocycles. The Morgan fingerprint density at radius 1 is 1.43 bits per heavy atom. The first kappa shape index (κ1) is 13.8. The van der Waals surface area contributed by atoms with Crippen LogP contribution in [0.4, 0.5) is 0 Å². The van der Waals surface area contributed by atoms with E-state index in [0.717, 1.165) is 0 Å². The molecule has 0 spiro atoms. The van der Waals surface area contributed by atoms with Crippen molar-refractivity contribution in [3.8, 4) is 0 Å². The molecule has 0 rings (SSSR count). The van der Waals surface area contributed by atoms with E-state index in [1.807, 2.05) is 0 Å². The number of rotatable bonds is 5. The lowest BCUT2D eigenvalue weighted by molar-refractivity contribution is 0.0851. The van der Waals surface area contributed by atoms with Crippen LogP contribution in [0.15, 0.2) is 0 Å². The SMILES string of the molecule is CC(C)N(C)S(=O)(=O)NCC(C)(C)O. The molecule has 0 heterocycles. The van der Waals surface area contributed by atoms with Gasteiger partial charge in [-0.25, -0.2) is 0 Å². The lowest BCUT2D eigenvalue weighted by Crippen LogP contribution is -2.46. The van der Waals surface area contributed by atoms with Crippen LogP contribution in [0.25, 0.3) is 0 Å². The maximum absolute atomic E-state index is 11.5. The minimum Gasteiger partial charge on any atom is -0.389 e. The van der Waals surface area contributed by atoms with Crippen LogP contribution in [-0.4, -0.2) is 43.1 Å². The van der Waals surface area contributed by atoms with E-state index in [1.54, 1.807) is 27.7 Å². The summed E-state index contributed by atoms with van der Waals surface area (Å²) in [7, 11) is -1.97. The number of nitrogens with one attached hydrogen (secondary N) is 1. The van der Waals surface area contributed by atoms with Crippen LogP contribution >= 0.6 is 0 Å². The summed E-state index contributed by atoms with van der Waals surface area (Å²) in [6.45, 7) is 6.66. The highest BCUT2D eigenvalue weighted by molar-refractivity contribution is 7.87. The van der Waals surface area contributed by atoms with E-state index >= 15 is 0 Å². The van der Waals surface area contributed by atoms with Gasteiger partial charge in [0.05, 0.1) is 5.60 Å². The van der Waals surface area contributed by atoms with Crippen LogP contribution in [0.5, 0.6) is 0 Å². The summed E-state index contributed by atoms with van der Waals surface area (Å²) >= 11 is 0. The number of aliphatic hydroxyl groups is 1. The zero-order valence-electron chi connectivity index (χ0n) is 9.40. The topological polar surface area (TPSA) is 69.6 Å². The first-order valence-electron chi connectivity index (χ1n) is 4.51. The summed E-state index contributed by atoms with van der Waals surface area (Å²) in [5, 5.41) is 9.36. The number of hydrogen-bond acceptors (Lipinski definition) is 3. The normalized spacial score (nSPS) is 14.0. The van der Waals surface area contributed by atoms with E-state index < -0.39 is 15.8 Å². The average molecular weight is 224 g/mol. The van der Waals surface area contributed by atoms with E-state index in [-0.39, 0.29) is 12.6 Å². The molecular weight excluding hydrogens is 204 g/mol. The Bertz CT molecular complexity index is 267. The van der Waals surface area contributed by atoms with Crippen molar-refractivity contribution in [2.45, 2.75) is 39.3 Å². The maximum atomic E-state index is 11.5. The van der Waals surface area contributed by atoms with Gasteiger partial charge in [0, 0.05) is 19.6 Å². The molecule has 0 aromatic rings. The van der Waals surface area contributed by atoms with Gasteiger partial charge >= 0.3 is 0 Å². The monoisotopic (exact) mass is 224 g/mol. The van der Waals surface area contributed by atoms with Gasteiger partial charge in [0.2, 0.25) is 0 Å². The predicted molar refractivity (Wildman–Crippen MR) is 56.1 cm³/mol. The zero-order chi connectivity index (χ0) is 11.6. The molecule has 0 amide bonds. The minimum atomic E-state index is -3.47. The van der Waals surface area contributed by atoms with Crippen LogP contribution in [0, 0.1) is 0 Å². The van der Waals surface area contributed by atoms with Crippen molar-refractivity contribution in [2.75, 3.05) is 13.6 Å². The predicted octanol–water partition coefficient (Wildman–Crippen LogP) is -0.0681. The lowest BCUT2D eigenvalue weighted by atomic mass is 10.1. The third-order valence-corrected chi connectivity index (χ3v) is 3.48. The maximum Gasteiger partial charge on any atom is 0.279 e. The largest absolute Gasteiger partial charge is 0.389 e. The Labute approximate surface area is 86.3 Å². The van der Waals surface area contributed by atoms with Gasteiger partial charge in [-0.05, 0) is 27.7 Å². The molecule has 2 N–H and O–H groups in total. The van der Waals surface area contributed by atoms with Crippen molar-refractivity contribution >= 4 is 10.2 Å². The van der Waals surface area contributed by atoms with Crippen molar-refractivity contribution in [2.24, 2.45) is 0 Å². The molecule has 0 unspecified atom stereocenters. The first-order valence-corrected chi connectivity index (χ1v) is 5.95. The van der Waals surface area contributed by atoms with E-state index in [2.05, 4.69) is 4.72 Å². The Kier molecular flexibility index (Phi) is 4.51. The summed E-state index contributed by atoms with van der Waals surface area (Å²) in [4.78, 5) is 0. The van der Waals surface area contributed by atoms with Gasteiger partial charge in [0.25, 0.3) is 10.2 Å². The second-order valence-corrected chi connectivity index (χ2v) is 6.06. The van der Waals surface area contributed by atoms with Crippen LogP contribution in [0.2, 0.25) is 0 Å². The van der Waals surface area contributed by atoms with Crippen molar-refractivity contribution < 1.29 is 13.5 Å². The van der Waals surface area contributed by atoms with Crippen molar-refractivity contribution in [3.05, 3.63) is 0 Å². The Morgan fingerprint density at radius 3 is 2.14 bits per heavy atom. The van der Waals surface area contributed by atoms with Crippen LogP contribution in [0.1, 0.15) is 27.7 Å². The molecule has 0 saturated carbocycles. The van der Waals surface area contributed by atoms with Crippen molar-refractivity contribution in [3.63, 3.8) is 0 Å². The van der Waals surface area contributed by atoms with Crippen molar-refractivity contribution in [1.82, 2.24) is 9.03 Å². The van der Waals surface area contributed by atoms with E-state index in [0.29, 0.717) is 0 Å². The molecular formula is C8H20N2O3S. The van der Waals surface area contributed by atoms with E-state index in [1.165, 1.54) is 11.4 Å². The van der Waals surface area contributed by atoms with Gasteiger partial charge in [0.1, 0.15) is 0 Å². The fraction of sp³-hybridized carbons (Fsp3) is 1.00. The minimum absolute atomic E-state index is 0.00634. The van der Waals surface area contributed by atoms with Gasteiger partial charge in [-0.2, -0.15) is 17.4 Å². The zero-order valence-corrected chi connectivity index (χ0v) is 10.2. The third kappa shape index (κ3) is 4.90. The van der Waals surface area contributed by atoms with Gasteiger partial charge in [0.15, 0.2) is 0 Å². The highest BCUT2D eigenvalue weighted by Crippen LogP contribution is 2.03. The van der Waals surface area contributed by atoms with E-state index in [4.69, 9.17) is 0 Å². The molecule has 0 aromatic heterocycles. The first-order chi connectivity index (χ1) is 6.06. The van der Waals surface area contributed by atoms with Crippen LogP contribution in [-0.2, 0) is 10.2 Å². The molecule has 0 aromatic carbocycles. The summed E-state index contributed by atoms with van der Waals surface area (Å²) < 4.78 is 26.6. The average Bonchev–Trinajstić information content (AvgIpc) is 1.98. The summed E-state index contributed by atoms with van der Waals surface area (Å²) in [6, 6.07) is -0.102. The highest BCUT2D eigenvalue weighted by atomic mass is 32.2.